The molecule has 1 aromatic carbocycles. The molecule has 1 N–H and O–H groups in total. The molecule has 0 radical (unpaired) electrons. The second-order valence-corrected chi connectivity index (χ2v) is 6.69. The molecule has 136 valence electrons. The number of nitrogens with one attached hydrogen (secondary N) is 1. The Labute approximate surface area is 152 Å². The van der Waals surface area contributed by atoms with E-state index in [2.05, 4.69) is 5.32 Å². The van der Waals surface area contributed by atoms with Crippen LogP contribution >= 0.6 is 0 Å². The molecule has 2 aromatic rings. The molecule has 7 heteroatoms. The van der Waals surface area contributed by atoms with Crippen LogP contribution in [0.25, 0.3) is 0 Å². The maximum Gasteiger partial charge on any atom is 0.333 e. The van der Waals surface area contributed by atoms with Gasteiger partial charge in [0, 0.05) is 32.2 Å². The highest BCUT2D eigenvalue weighted by Crippen LogP contribution is 2.12. The van der Waals surface area contributed by atoms with Crippen molar-refractivity contribution in [3.63, 3.8) is 0 Å². The summed E-state index contributed by atoms with van der Waals surface area (Å²) in [7, 11) is 0. The van der Waals surface area contributed by atoms with Gasteiger partial charge >= 0.3 is 5.69 Å². The fourth-order valence-electron chi connectivity index (χ4n) is 3.47. The van der Waals surface area contributed by atoms with Crippen molar-refractivity contribution in [2.45, 2.75) is 26.9 Å². The van der Waals surface area contributed by atoms with Crippen LogP contribution < -0.4 is 21.5 Å². The van der Waals surface area contributed by atoms with E-state index < -0.39 is 5.69 Å². The van der Waals surface area contributed by atoms with E-state index in [0.717, 1.165) is 29.8 Å². The molecule has 1 aliphatic heterocycles. The maximum atomic E-state index is 12.9. The molecule has 1 saturated heterocycles. The second-order valence-electron chi connectivity index (χ2n) is 6.69. The Morgan fingerprint density at radius 1 is 1.04 bits per heavy atom. The van der Waals surface area contributed by atoms with Gasteiger partial charge in [-0.1, -0.05) is 29.3 Å². The number of hydrogen-bond donors (Lipinski definition) is 1. The van der Waals surface area contributed by atoms with Crippen molar-refractivity contribution in [2.24, 2.45) is 0 Å². The molecule has 7 nitrogen and oxygen atoms in total. The van der Waals surface area contributed by atoms with Gasteiger partial charge in [-0.15, -0.1) is 0 Å². The number of anilines is 1. The highest BCUT2D eigenvalue weighted by atomic mass is 16.2. The number of nitriles is 1. The van der Waals surface area contributed by atoms with Crippen LogP contribution in [0.2, 0.25) is 0 Å². The molecule has 0 spiro atoms. The van der Waals surface area contributed by atoms with E-state index in [-0.39, 0.29) is 18.6 Å². The van der Waals surface area contributed by atoms with Crippen LogP contribution in [0.1, 0.15) is 16.7 Å². The zero-order valence-corrected chi connectivity index (χ0v) is 15.2. The molecule has 0 unspecified atom stereocenters. The van der Waals surface area contributed by atoms with Crippen molar-refractivity contribution in [3.8, 4) is 6.07 Å². The Morgan fingerprint density at radius 3 is 2.31 bits per heavy atom. The molecule has 1 aromatic heterocycles. The number of piperazine rings is 1. The molecular weight excluding hydrogens is 330 g/mol. The third-order valence-corrected chi connectivity index (χ3v) is 4.55. The lowest BCUT2D eigenvalue weighted by Crippen LogP contribution is -2.48. The van der Waals surface area contributed by atoms with Gasteiger partial charge in [0.15, 0.2) is 0 Å². The molecule has 26 heavy (non-hydrogen) atoms. The van der Waals surface area contributed by atoms with Gasteiger partial charge in [-0.05, 0) is 19.4 Å². The van der Waals surface area contributed by atoms with E-state index in [1.165, 1.54) is 15.2 Å². The SMILES string of the molecule is Cc1cc(C)cc(Cn2c(=O)cc(N3CCNCC3)n(CC#N)c2=O)c1. The topological polar surface area (TPSA) is 83.1 Å². The van der Waals surface area contributed by atoms with E-state index in [1.54, 1.807) is 0 Å². The van der Waals surface area contributed by atoms with Crippen molar-refractivity contribution in [3.05, 3.63) is 61.8 Å². The Kier molecular flexibility index (Phi) is 5.24. The van der Waals surface area contributed by atoms with Crippen LogP contribution in [0.15, 0.2) is 33.9 Å². The van der Waals surface area contributed by atoms with Gasteiger partial charge in [-0.2, -0.15) is 5.26 Å². The van der Waals surface area contributed by atoms with Gasteiger partial charge < -0.3 is 10.2 Å². The van der Waals surface area contributed by atoms with Crippen LogP contribution in [0.3, 0.4) is 0 Å². The van der Waals surface area contributed by atoms with Crippen molar-refractivity contribution in [1.29, 1.82) is 5.26 Å². The quantitative estimate of drug-likeness (QED) is 0.871. The van der Waals surface area contributed by atoms with Gasteiger partial charge in [0.25, 0.3) is 5.56 Å². The summed E-state index contributed by atoms with van der Waals surface area (Å²) in [6.45, 7) is 7.07. The first-order chi connectivity index (χ1) is 12.5. The maximum absolute atomic E-state index is 12.9. The summed E-state index contributed by atoms with van der Waals surface area (Å²) in [6.07, 6.45) is 0. The molecule has 0 aliphatic carbocycles. The lowest BCUT2D eigenvalue weighted by atomic mass is 10.1. The fraction of sp³-hybridized carbons (Fsp3) is 0.421. The first-order valence-electron chi connectivity index (χ1n) is 8.74. The molecule has 0 bridgehead atoms. The minimum atomic E-state index is -0.438. The minimum absolute atomic E-state index is 0.0782. The number of nitrogens with zero attached hydrogens (tertiary/aromatic N) is 4. The zero-order chi connectivity index (χ0) is 18.7. The summed E-state index contributed by atoms with van der Waals surface area (Å²) in [5, 5.41) is 12.4. The van der Waals surface area contributed by atoms with Gasteiger partial charge in [-0.3, -0.25) is 13.9 Å². The van der Waals surface area contributed by atoms with E-state index in [0.29, 0.717) is 18.9 Å². The smallest absolute Gasteiger partial charge is 0.333 e. The predicted octanol–water partition coefficient (Wildman–Crippen LogP) is 0.608. The number of hydrogen-bond acceptors (Lipinski definition) is 5. The van der Waals surface area contributed by atoms with Crippen molar-refractivity contribution in [1.82, 2.24) is 14.5 Å². The normalized spacial score (nSPS) is 14.3. The number of aryl methyl sites for hydroxylation is 2. The van der Waals surface area contributed by atoms with Crippen LogP contribution in [0.4, 0.5) is 5.82 Å². The Bertz CT molecular complexity index is 941. The van der Waals surface area contributed by atoms with Crippen molar-refractivity contribution >= 4 is 5.82 Å². The molecule has 0 amide bonds. The van der Waals surface area contributed by atoms with Gasteiger partial charge in [0.05, 0.1) is 12.6 Å². The molecule has 1 fully saturated rings. The lowest BCUT2D eigenvalue weighted by Gasteiger charge is -2.31. The van der Waals surface area contributed by atoms with Crippen LogP contribution in [-0.2, 0) is 13.1 Å². The standard InChI is InChI=1S/C19H23N5O2/c1-14-9-15(2)11-16(10-14)13-24-18(25)12-17(22-7-4-21-5-8-22)23(6-3-20)19(24)26/h9-12,21H,4-8,13H2,1-2H3. The predicted molar refractivity (Wildman–Crippen MR) is 101 cm³/mol. The molecule has 0 saturated carbocycles. The van der Waals surface area contributed by atoms with E-state index in [4.69, 9.17) is 5.26 Å². The second kappa shape index (κ2) is 7.58. The molecule has 3 rings (SSSR count). The monoisotopic (exact) mass is 353 g/mol. The lowest BCUT2D eigenvalue weighted by molar-refractivity contribution is 0.555. The molecular formula is C19H23N5O2. The van der Waals surface area contributed by atoms with Crippen LogP contribution in [0, 0.1) is 25.2 Å². The highest BCUT2D eigenvalue weighted by Gasteiger charge is 2.18. The number of rotatable bonds is 4. The third-order valence-electron chi connectivity index (χ3n) is 4.55. The number of aromatic nitrogens is 2. The van der Waals surface area contributed by atoms with E-state index in [1.807, 2.05) is 43.0 Å². The van der Waals surface area contributed by atoms with Crippen molar-refractivity contribution < 1.29 is 0 Å². The first-order valence-corrected chi connectivity index (χ1v) is 8.74. The largest absolute Gasteiger partial charge is 0.355 e. The van der Waals surface area contributed by atoms with Gasteiger partial charge in [0.1, 0.15) is 12.4 Å². The molecule has 2 heterocycles. The van der Waals surface area contributed by atoms with Gasteiger partial charge in [0.2, 0.25) is 0 Å². The summed E-state index contributed by atoms with van der Waals surface area (Å²) >= 11 is 0. The third kappa shape index (κ3) is 3.70. The average molecular weight is 353 g/mol. The summed E-state index contributed by atoms with van der Waals surface area (Å²) in [5.41, 5.74) is 2.30. The number of benzene rings is 1. The van der Waals surface area contributed by atoms with Crippen LogP contribution in [-0.4, -0.2) is 35.3 Å². The average Bonchev–Trinajstić information content (AvgIpc) is 2.61. The van der Waals surface area contributed by atoms with Crippen molar-refractivity contribution in [2.75, 3.05) is 31.1 Å². The Hall–Kier alpha value is -2.85. The Balaban J connectivity index is 2.06. The fourth-order valence-corrected chi connectivity index (χ4v) is 3.47. The van der Waals surface area contributed by atoms with E-state index in [9.17, 15) is 9.59 Å². The molecule has 1 aliphatic rings. The first kappa shape index (κ1) is 18.0. The van der Waals surface area contributed by atoms with Crippen LogP contribution in [0.5, 0.6) is 0 Å². The minimum Gasteiger partial charge on any atom is -0.355 e. The summed E-state index contributed by atoms with van der Waals surface area (Å²) < 4.78 is 2.60. The summed E-state index contributed by atoms with van der Waals surface area (Å²) in [6, 6.07) is 9.51. The van der Waals surface area contributed by atoms with E-state index >= 15 is 0 Å². The summed E-state index contributed by atoms with van der Waals surface area (Å²) in [5.74, 6) is 0.528. The zero-order valence-electron chi connectivity index (χ0n) is 15.2. The Morgan fingerprint density at radius 2 is 1.69 bits per heavy atom. The summed E-state index contributed by atoms with van der Waals surface area (Å²) in [4.78, 5) is 27.6. The molecule has 0 atom stereocenters. The highest BCUT2D eigenvalue weighted by molar-refractivity contribution is 5.40. The van der Waals surface area contributed by atoms with Gasteiger partial charge in [-0.25, -0.2) is 4.79 Å².